The van der Waals surface area contributed by atoms with Gasteiger partial charge in [0.05, 0.1) is 11.4 Å². The van der Waals surface area contributed by atoms with E-state index in [-0.39, 0.29) is 17.9 Å². The molecule has 0 fully saturated rings. The first kappa shape index (κ1) is 22.5. The van der Waals surface area contributed by atoms with Crippen LogP contribution in [0, 0.1) is 20.8 Å². The van der Waals surface area contributed by atoms with E-state index in [0.717, 1.165) is 40.1 Å². The molecule has 0 bridgehead atoms. The van der Waals surface area contributed by atoms with Crippen molar-refractivity contribution < 1.29 is 4.79 Å². The first-order valence-electron chi connectivity index (χ1n) is 11.3. The molecule has 4 aromatic rings. The Morgan fingerprint density at radius 1 is 1.06 bits per heavy atom. The summed E-state index contributed by atoms with van der Waals surface area (Å²) >= 11 is 0. The van der Waals surface area contributed by atoms with Gasteiger partial charge in [-0.15, -0.1) is 0 Å². The van der Waals surface area contributed by atoms with Gasteiger partial charge in [-0.25, -0.2) is 4.68 Å². The Bertz CT molecular complexity index is 1390. The zero-order valence-electron chi connectivity index (χ0n) is 19.9. The fraction of sp³-hybridized carbons (Fsp3) is 0.296. The van der Waals surface area contributed by atoms with E-state index in [1.54, 1.807) is 11.6 Å². The molecule has 1 N–H and O–H groups in total. The summed E-state index contributed by atoms with van der Waals surface area (Å²) in [5.74, 6) is -0.100. The average molecular weight is 443 g/mol. The zero-order chi connectivity index (χ0) is 23.7. The lowest BCUT2D eigenvalue weighted by Gasteiger charge is -2.13. The van der Waals surface area contributed by atoms with Gasteiger partial charge in [0, 0.05) is 30.1 Å². The highest BCUT2D eigenvalue weighted by Gasteiger charge is 2.20. The lowest BCUT2D eigenvalue weighted by atomic mass is 10.0. The van der Waals surface area contributed by atoms with Crippen molar-refractivity contribution in [2.45, 2.75) is 47.0 Å². The Labute approximate surface area is 193 Å². The summed E-state index contributed by atoms with van der Waals surface area (Å²) in [4.78, 5) is 25.9. The maximum atomic E-state index is 13.3. The zero-order valence-corrected chi connectivity index (χ0v) is 19.9. The van der Waals surface area contributed by atoms with E-state index in [9.17, 15) is 9.59 Å². The molecule has 0 atom stereocenters. The van der Waals surface area contributed by atoms with Crippen LogP contribution in [0.15, 0.2) is 53.3 Å². The molecule has 1 amide bonds. The van der Waals surface area contributed by atoms with Gasteiger partial charge in [0.25, 0.3) is 5.56 Å². The Balaban J connectivity index is 1.65. The highest BCUT2D eigenvalue weighted by molar-refractivity contribution is 5.91. The third-order valence-corrected chi connectivity index (χ3v) is 6.24. The smallest absolute Gasteiger partial charge is 0.255 e. The van der Waals surface area contributed by atoms with Crippen LogP contribution in [0.2, 0.25) is 0 Å². The van der Waals surface area contributed by atoms with Gasteiger partial charge >= 0.3 is 0 Å². The van der Waals surface area contributed by atoms with Crippen LogP contribution in [0.3, 0.4) is 0 Å². The summed E-state index contributed by atoms with van der Waals surface area (Å²) in [6.07, 6.45) is 1.53. The van der Waals surface area contributed by atoms with Crippen LogP contribution in [0.5, 0.6) is 0 Å². The highest BCUT2D eigenvalue weighted by atomic mass is 16.1. The van der Waals surface area contributed by atoms with E-state index in [1.165, 1.54) is 11.1 Å². The molecule has 0 radical (unpaired) electrons. The van der Waals surface area contributed by atoms with Crippen molar-refractivity contribution in [3.8, 4) is 5.69 Å². The van der Waals surface area contributed by atoms with E-state index in [1.807, 2.05) is 74.0 Å². The molecular formula is C27H30N4O2. The van der Waals surface area contributed by atoms with Gasteiger partial charge in [0.1, 0.15) is 5.65 Å². The number of benzene rings is 2. The molecule has 0 unspecified atom stereocenters. The first-order chi connectivity index (χ1) is 15.8. The van der Waals surface area contributed by atoms with Crippen LogP contribution in [0.1, 0.15) is 41.3 Å². The van der Waals surface area contributed by atoms with Crippen molar-refractivity contribution in [1.29, 1.82) is 0 Å². The summed E-state index contributed by atoms with van der Waals surface area (Å²) in [7, 11) is 1.77. The molecule has 33 heavy (non-hydrogen) atoms. The molecular weight excluding hydrogens is 412 g/mol. The molecule has 0 saturated heterocycles. The van der Waals surface area contributed by atoms with E-state index in [0.29, 0.717) is 12.0 Å². The van der Waals surface area contributed by atoms with E-state index in [4.69, 9.17) is 5.10 Å². The Morgan fingerprint density at radius 3 is 2.48 bits per heavy atom. The predicted octanol–water partition coefficient (Wildman–Crippen LogP) is 4.78. The molecule has 170 valence electrons. The van der Waals surface area contributed by atoms with Crippen molar-refractivity contribution in [3.05, 3.63) is 86.8 Å². The van der Waals surface area contributed by atoms with Crippen LogP contribution < -0.4 is 10.9 Å². The third-order valence-electron chi connectivity index (χ3n) is 6.24. The van der Waals surface area contributed by atoms with Crippen molar-refractivity contribution in [2.24, 2.45) is 7.05 Å². The van der Waals surface area contributed by atoms with Gasteiger partial charge in [-0.1, -0.05) is 36.8 Å². The lowest BCUT2D eigenvalue weighted by Crippen LogP contribution is -2.25. The highest BCUT2D eigenvalue weighted by Crippen LogP contribution is 2.26. The van der Waals surface area contributed by atoms with Crippen molar-refractivity contribution in [2.75, 3.05) is 5.32 Å². The van der Waals surface area contributed by atoms with E-state index in [2.05, 4.69) is 12.2 Å². The second kappa shape index (κ2) is 9.06. The van der Waals surface area contributed by atoms with Crippen LogP contribution in [-0.2, 0) is 24.7 Å². The van der Waals surface area contributed by atoms with Crippen molar-refractivity contribution in [1.82, 2.24) is 14.3 Å². The number of pyridine rings is 1. The van der Waals surface area contributed by atoms with Crippen LogP contribution in [0.25, 0.3) is 16.7 Å². The van der Waals surface area contributed by atoms with Gasteiger partial charge < -0.3 is 5.32 Å². The van der Waals surface area contributed by atoms with Gasteiger partial charge in [-0.2, -0.15) is 5.10 Å². The van der Waals surface area contributed by atoms with Gasteiger partial charge in [-0.3, -0.25) is 14.2 Å². The third kappa shape index (κ3) is 4.33. The Hall–Kier alpha value is -3.67. The molecule has 4 rings (SSSR count). The number of amides is 1. The molecule has 0 saturated carbocycles. The number of aryl methyl sites for hydroxylation is 5. The number of rotatable bonds is 6. The standard InChI is InChI=1S/C27H30N4O2/c1-6-20-8-7-9-21(16-20)28-24(32)15-14-23-18(3)25-19(4)29-31(26(25)30(5)27(23)33)22-12-10-17(2)11-13-22/h7-13,16H,6,14-15H2,1-5H3,(H,28,32). The van der Waals surface area contributed by atoms with Crippen molar-refractivity contribution >= 4 is 22.6 Å². The SMILES string of the molecule is CCc1cccc(NC(=O)CCc2c(C)c3c(C)nn(-c4ccc(C)cc4)c3n(C)c2=O)c1. The largest absolute Gasteiger partial charge is 0.326 e. The number of fused-ring (bicyclic) bond motifs is 1. The minimum absolute atomic E-state index is 0.0888. The average Bonchev–Trinajstić information content (AvgIpc) is 3.15. The van der Waals surface area contributed by atoms with Crippen LogP contribution in [0.4, 0.5) is 5.69 Å². The minimum Gasteiger partial charge on any atom is -0.326 e. The number of nitrogens with zero attached hydrogens (tertiary/aromatic N) is 3. The summed E-state index contributed by atoms with van der Waals surface area (Å²) in [5.41, 5.74) is 7.13. The maximum Gasteiger partial charge on any atom is 0.255 e. The summed E-state index contributed by atoms with van der Waals surface area (Å²) < 4.78 is 3.48. The monoisotopic (exact) mass is 442 g/mol. The van der Waals surface area contributed by atoms with Crippen LogP contribution >= 0.6 is 0 Å². The molecule has 6 heteroatoms. The normalized spacial score (nSPS) is 11.2. The number of carbonyl (C=O) groups is 1. The minimum atomic E-state index is -0.100. The quantitative estimate of drug-likeness (QED) is 0.467. The second-order valence-electron chi connectivity index (χ2n) is 8.60. The molecule has 2 aromatic heterocycles. The van der Waals surface area contributed by atoms with Gasteiger partial charge in [-0.05, 0) is 69.0 Å². The summed E-state index contributed by atoms with van der Waals surface area (Å²) in [5, 5.41) is 8.66. The fourth-order valence-electron chi connectivity index (χ4n) is 4.37. The Morgan fingerprint density at radius 2 is 1.79 bits per heavy atom. The number of hydrogen-bond donors (Lipinski definition) is 1. The number of anilines is 1. The number of aromatic nitrogens is 3. The van der Waals surface area contributed by atoms with E-state index >= 15 is 0 Å². The van der Waals surface area contributed by atoms with E-state index < -0.39 is 0 Å². The number of nitrogens with one attached hydrogen (secondary N) is 1. The molecule has 0 spiro atoms. The lowest BCUT2D eigenvalue weighted by molar-refractivity contribution is -0.116. The number of hydrogen-bond acceptors (Lipinski definition) is 3. The van der Waals surface area contributed by atoms with Gasteiger partial charge in [0.2, 0.25) is 5.91 Å². The predicted molar refractivity (Wildman–Crippen MR) is 133 cm³/mol. The maximum absolute atomic E-state index is 13.3. The first-order valence-corrected chi connectivity index (χ1v) is 11.3. The molecule has 6 nitrogen and oxygen atoms in total. The molecule has 0 aliphatic carbocycles. The second-order valence-corrected chi connectivity index (χ2v) is 8.60. The molecule has 2 heterocycles. The van der Waals surface area contributed by atoms with Gasteiger partial charge in [0.15, 0.2) is 0 Å². The molecule has 0 aliphatic heterocycles. The van der Waals surface area contributed by atoms with Crippen molar-refractivity contribution in [3.63, 3.8) is 0 Å². The molecule has 2 aromatic carbocycles. The Kier molecular flexibility index (Phi) is 6.18. The fourth-order valence-corrected chi connectivity index (χ4v) is 4.37. The number of carbonyl (C=O) groups excluding carboxylic acids is 1. The van der Waals surface area contributed by atoms with Crippen LogP contribution in [-0.4, -0.2) is 20.3 Å². The topological polar surface area (TPSA) is 68.9 Å². The summed E-state index contributed by atoms with van der Waals surface area (Å²) in [6.45, 7) is 8.04. The summed E-state index contributed by atoms with van der Waals surface area (Å²) in [6, 6.07) is 15.9. The molecule has 0 aliphatic rings.